The Hall–Kier alpha value is -1.19. The lowest BCUT2D eigenvalue weighted by molar-refractivity contribution is 0.374. The Balaban J connectivity index is 2.13. The minimum absolute atomic E-state index is 0.143. The van der Waals surface area contributed by atoms with Crippen LogP contribution in [0.2, 0.25) is 10.0 Å². The smallest absolute Gasteiger partial charge is 0.175 e. The monoisotopic (exact) mass is 324 g/mol. The summed E-state index contributed by atoms with van der Waals surface area (Å²) in [4.78, 5) is 0. The number of nitrogen functional groups attached to an aromatic ring is 1. The molecule has 0 radical (unpaired) electrons. The second kappa shape index (κ2) is 4.40. The van der Waals surface area contributed by atoms with E-state index in [4.69, 9.17) is 33.5 Å². The van der Waals surface area contributed by atoms with E-state index in [9.17, 15) is 0 Å². The fraction of sp³-hybridized carbons (Fsp3) is 0.438. The molecular formula is C16H18Cl2N2O. The van der Waals surface area contributed by atoms with Crippen LogP contribution >= 0.6 is 23.2 Å². The topological polar surface area (TPSA) is 52.0 Å². The Morgan fingerprint density at radius 3 is 2.24 bits per heavy atom. The van der Waals surface area contributed by atoms with Crippen molar-refractivity contribution in [3.63, 3.8) is 0 Å². The van der Waals surface area contributed by atoms with Crippen molar-refractivity contribution in [1.29, 1.82) is 0 Å². The molecule has 1 aliphatic carbocycles. The van der Waals surface area contributed by atoms with Crippen molar-refractivity contribution in [3.05, 3.63) is 34.0 Å². The van der Waals surface area contributed by atoms with E-state index in [1.807, 2.05) is 6.07 Å². The van der Waals surface area contributed by atoms with Gasteiger partial charge in [-0.15, -0.1) is 0 Å². The van der Waals surface area contributed by atoms with Crippen LogP contribution < -0.4 is 5.73 Å². The van der Waals surface area contributed by atoms with Gasteiger partial charge in [-0.2, -0.15) is 0 Å². The molecule has 3 nitrogen and oxygen atoms in total. The molecule has 1 heterocycles. The maximum atomic E-state index is 6.12. The van der Waals surface area contributed by atoms with E-state index in [0.29, 0.717) is 15.9 Å². The van der Waals surface area contributed by atoms with Gasteiger partial charge >= 0.3 is 0 Å². The van der Waals surface area contributed by atoms with Gasteiger partial charge in [0.2, 0.25) is 0 Å². The molecule has 0 bridgehead atoms. The van der Waals surface area contributed by atoms with Crippen LogP contribution in [0.3, 0.4) is 0 Å². The van der Waals surface area contributed by atoms with Gasteiger partial charge in [0.05, 0.1) is 15.6 Å². The normalized spacial score (nSPS) is 19.7. The summed E-state index contributed by atoms with van der Waals surface area (Å²) in [7, 11) is 0. The predicted molar refractivity (Wildman–Crippen MR) is 86.7 cm³/mol. The minimum Gasteiger partial charge on any atom is -0.380 e. The number of benzene rings is 1. The average Bonchev–Trinajstić information content (AvgIpc) is 2.68. The van der Waals surface area contributed by atoms with Gasteiger partial charge in [-0.05, 0) is 28.5 Å². The summed E-state index contributed by atoms with van der Waals surface area (Å²) in [6, 6.07) is 5.46. The molecule has 0 spiro atoms. The van der Waals surface area contributed by atoms with Crippen molar-refractivity contribution in [2.75, 3.05) is 5.73 Å². The first-order valence-electron chi connectivity index (χ1n) is 6.88. The molecule has 0 saturated heterocycles. The SMILES string of the molecule is CC1(C)C(c2onc(N)c2-c2ccc(Cl)c(Cl)c2)C1(C)C. The lowest BCUT2D eigenvalue weighted by Gasteiger charge is -2.05. The molecule has 21 heavy (non-hydrogen) atoms. The maximum absolute atomic E-state index is 6.12. The summed E-state index contributed by atoms with van der Waals surface area (Å²) < 4.78 is 5.56. The van der Waals surface area contributed by atoms with Gasteiger partial charge in [0.1, 0.15) is 0 Å². The van der Waals surface area contributed by atoms with Gasteiger partial charge in [-0.3, -0.25) is 0 Å². The van der Waals surface area contributed by atoms with Crippen LogP contribution in [-0.2, 0) is 0 Å². The highest BCUT2D eigenvalue weighted by Crippen LogP contribution is 2.74. The van der Waals surface area contributed by atoms with Crippen molar-refractivity contribution in [1.82, 2.24) is 5.16 Å². The van der Waals surface area contributed by atoms with Gasteiger partial charge < -0.3 is 10.3 Å². The molecule has 112 valence electrons. The molecule has 1 aliphatic rings. The first-order valence-corrected chi connectivity index (χ1v) is 7.64. The van der Waals surface area contributed by atoms with Crippen molar-refractivity contribution in [2.45, 2.75) is 33.6 Å². The molecule has 5 heteroatoms. The first-order chi connectivity index (χ1) is 9.68. The van der Waals surface area contributed by atoms with E-state index in [-0.39, 0.29) is 16.7 Å². The Morgan fingerprint density at radius 2 is 1.71 bits per heavy atom. The summed E-state index contributed by atoms with van der Waals surface area (Å²) in [6.07, 6.45) is 0. The van der Waals surface area contributed by atoms with Crippen LogP contribution in [0.15, 0.2) is 22.7 Å². The zero-order valence-corrected chi connectivity index (χ0v) is 14.0. The Bertz CT molecular complexity index is 705. The predicted octanol–water partition coefficient (Wildman–Crippen LogP) is 5.38. The van der Waals surface area contributed by atoms with Crippen LogP contribution in [0.25, 0.3) is 11.1 Å². The summed E-state index contributed by atoms with van der Waals surface area (Å²) in [5, 5.41) is 4.98. The number of anilines is 1. The Kier molecular flexibility index (Phi) is 3.09. The first kappa shape index (κ1) is 14.7. The van der Waals surface area contributed by atoms with E-state index in [1.54, 1.807) is 12.1 Å². The van der Waals surface area contributed by atoms with E-state index in [2.05, 4.69) is 32.9 Å². The fourth-order valence-corrected chi connectivity index (χ4v) is 3.60. The van der Waals surface area contributed by atoms with Crippen molar-refractivity contribution in [2.24, 2.45) is 10.8 Å². The summed E-state index contributed by atoms with van der Waals surface area (Å²) >= 11 is 12.1. The number of nitrogens with two attached hydrogens (primary N) is 1. The van der Waals surface area contributed by atoms with Crippen molar-refractivity contribution >= 4 is 29.0 Å². The third-order valence-electron chi connectivity index (χ3n) is 5.24. The lowest BCUT2D eigenvalue weighted by atomic mass is 10.0. The summed E-state index contributed by atoms with van der Waals surface area (Å²) in [6.45, 7) is 8.92. The fourth-order valence-electron chi connectivity index (χ4n) is 3.31. The summed E-state index contributed by atoms with van der Waals surface area (Å²) in [5.41, 5.74) is 8.03. The summed E-state index contributed by atoms with van der Waals surface area (Å²) in [5.74, 6) is 1.50. The molecular weight excluding hydrogens is 307 g/mol. The third-order valence-corrected chi connectivity index (χ3v) is 5.98. The molecule has 1 fully saturated rings. The molecule has 1 aromatic carbocycles. The molecule has 0 amide bonds. The second-order valence-corrected chi connectivity index (χ2v) is 7.63. The van der Waals surface area contributed by atoms with Crippen LogP contribution in [0.5, 0.6) is 0 Å². The minimum atomic E-state index is 0.143. The number of aromatic nitrogens is 1. The number of hydrogen-bond acceptors (Lipinski definition) is 3. The zero-order valence-electron chi connectivity index (χ0n) is 12.5. The highest BCUT2D eigenvalue weighted by molar-refractivity contribution is 6.42. The quantitative estimate of drug-likeness (QED) is 0.806. The molecule has 2 N–H and O–H groups in total. The van der Waals surface area contributed by atoms with Crippen LogP contribution in [0, 0.1) is 10.8 Å². The van der Waals surface area contributed by atoms with Gasteiger partial charge in [-0.25, -0.2) is 0 Å². The Labute approximate surface area is 134 Å². The maximum Gasteiger partial charge on any atom is 0.175 e. The van der Waals surface area contributed by atoms with E-state index < -0.39 is 0 Å². The highest BCUT2D eigenvalue weighted by atomic mass is 35.5. The van der Waals surface area contributed by atoms with Crippen molar-refractivity contribution < 1.29 is 4.52 Å². The zero-order chi connectivity index (χ0) is 15.6. The molecule has 0 unspecified atom stereocenters. The standard InChI is InChI=1S/C16H18Cl2N2O/c1-15(2)13(16(15,3)4)12-11(14(19)20-21-12)8-5-6-9(17)10(18)7-8/h5-7,13H,1-4H3,(H2,19,20). The van der Waals surface area contributed by atoms with Gasteiger partial charge in [0, 0.05) is 5.92 Å². The highest BCUT2D eigenvalue weighted by Gasteiger charge is 2.67. The largest absolute Gasteiger partial charge is 0.380 e. The Morgan fingerprint density at radius 1 is 1.10 bits per heavy atom. The third kappa shape index (κ3) is 1.98. The molecule has 1 saturated carbocycles. The number of nitrogens with zero attached hydrogens (tertiary/aromatic N) is 1. The molecule has 3 rings (SSSR count). The molecule has 0 atom stereocenters. The van der Waals surface area contributed by atoms with Gasteiger partial charge in [0.25, 0.3) is 0 Å². The van der Waals surface area contributed by atoms with Crippen molar-refractivity contribution in [3.8, 4) is 11.1 Å². The number of halogens is 2. The molecule has 1 aromatic heterocycles. The lowest BCUT2D eigenvalue weighted by Crippen LogP contribution is -1.95. The van der Waals surface area contributed by atoms with Crippen LogP contribution in [0.1, 0.15) is 39.4 Å². The number of rotatable bonds is 2. The van der Waals surface area contributed by atoms with Gasteiger partial charge in [0.15, 0.2) is 11.6 Å². The van der Waals surface area contributed by atoms with E-state index in [0.717, 1.165) is 16.9 Å². The van der Waals surface area contributed by atoms with E-state index in [1.165, 1.54) is 0 Å². The van der Waals surface area contributed by atoms with E-state index >= 15 is 0 Å². The van der Waals surface area contributed by atoms with Crippen LogP contribution in [-0.4, -0.2) is 5.16 Å². The molecule has 2 aromatic rings. The van der Waals surface area contributed by atoms with Gasteiger partial charge in [-0.1, -0.05) is 62.1 Å². The number of hydrogen-bond donors (Lipinski definition) is 1. The molecule has 0 aliphatic heterocycles. The van der Waals surface area contributed by atoms with Crippen LogP contribution in [0.4, 0.5) is 5.82 Å². The second-order valence-electron chi connectivity index (χ2n) is 6.81. The average molecular weight is 325 g/mol.